The summed E-state index contributed by atoms with van der Waals surface area (Å²) in [5.41, 5.74) is 0.759. The second-order valence-corrected chi connectivity index (χ2v) is 7.49. The zero-order chi connectivity index (χ0) is 18.8. The summed E-state index contributed by atoms with van der Waals surface area (Å²) >= 11 is 0. The SMILES string of the molecule is COc1ccccc1-c1noc(C(C)NC(=O)C2CC3CCCCC3N2)n1. The van der Waals surface area contributed by atoms with Gasteiger partial charge in [0.1, 0.15) is 11.8 Å². The first-order valence-corrected chi connectivity index (χ1v) is 9.69. The van der Waals surface area contributed by atoms with Gasteiger partial charge in [0, 0.05) is 6.04 Å². The highest BCUT2D eigenvalue weighted by Gasteiger charge is 2.38. The second kappa shape index (κ2) is 7.68. The van der Waals surface area contributed by atoms with Crippen molar-refractivity contribution in [1.82, 2.24) is 20.8 Å². The molecule has 1 aromatic heterocycles. The molecule has 7 nitrogen and oxygen atoms in total. The van der Waals surface area contributed by atoms with Gasteiger partial charge in [0.25, 0.3) is 0 Å². The Morgan fingerprint density at radius 1 is 1.33 bits per heavy atom. The van der Waals surface area contributed by atoms with Crippen LogP contribution >= 0.6 is 0 Å². The number of carbonyl (C=O) groups is 1. The number of rotatable bonds is 5. The molecule has 2 fully saturated rings. The van der Waals surface area contributed by atoms with Gasteiger partial charge in [-0.3, -0.25) is 4.79 Å². The van der Waals surface area contributed by atoms with E-state index < -0.39 is 0 Å². The van der Waals surface area contributed by atoms with Crippen molar-refractivity contribution in [2.45, 2.75) is 57.2 Å². The lowest BCUT2D eigenvalue weighted by atomic mass is 9.85. The van der Waals surface area contributed by atoms with Crippen LogP contribution in [-0.2, 0) is 4.79 Å². The maximum absolute atomic E-state index is 12.7. The largest absolute Gasteiger partial charge is 0.496 e. The summed E-state index contributed by atoms with van der Waals surface area (Å²) in [6.07, 6.45) is 5.85. The first-order chi connectivity index (χ1) is 13.2. The van der Waals surface area contributed by atoms with Gasteiger partial charge < -0.3 is 19.9 Å². The number of hydrogen-bond acceptors (Lipinski definition) is 6. The van der Waals surface area contributed by atoms with Crippen LogP contribution in [-0.4, -0.2) is 35.2 Å². The zero-order valence-corrected chi connectivity index (χ0v) is 15.8. The molecule has 4 atom stereocenters. The number of benzene rings is 1. The molecule has 1 aliphatic heterocycles. The Bertz CT molecular complexity index is 792. The van der Waals surface area contributed by atoms with Crippen LogP contribution in [0, 0.1) is 5.92 Å². The van der Waals surface area contributed by atoms with E-state index in [1.165, 1.54) is 25.7 Å². The molecule has 4 rings (SSSR count). The third-order valence-electron chi connectivity index (χ3n) is 5.70. The van der Waals surface area contributed by atoms with Crippen LogP contribution in [0.15, 0.2) is 28.8 Å². The predicted molar refractivity (Wildman–Crippen MR) is 100 cm³/mol. The van der Waals surface area contributed by atoms with E-state index in [4.69, 9.17) is 9.26 Å². The lowest BCUT2D eigenvalue weighted by molar-refractivity contribution is -0.123. The average Bonchev–Trinajstić information content (AvgIpc) is 3.35. The van der Waals surface area contributed by atoms with Crippen LogP contribution in [0.1, 0.15) is 51.0 Å². The van der Waals surface area contributed by atoms with Gasteiger partial charge in [-0.2, -0.15) is 4.98 Å². The smallest absolute Gasteiger partial charge is 0.249 e. The fourth-order valence-corrected chi connectivity index (χ4v) is 4.25. The molecule has 7 heteroatoms. The summed E-state index contributed by atoms with van der Waals surface area (Å²) in [5, 5.41) is 10.6. The van der Waals surface area contributed by atoms with Gasteiger partial charge in [0.15, 0.2) is 0 Å². The fourth-order valence-electron chi connectivity index (χ4n) is 4.25. The van der Waals surface area contributed by atoms with Crippen LogP contribution in [0.3, 0.4) is 0 Å². The minimum absolute atomic E-state index is 0.00828. The zero-order valence-electron chi connectivity index (χ0n) is 15.8. The molecule has 144 valence electrons. The third kappa shape index (κ3) is 3.69. The molecule has 0 bridgehead atoms. The standard InChI is InChI=1S/C20H26N4O3/c1-12(21-19(25)16-11-13-7-3-5-9-15(13)22-16)20-23-18(24-27-20)14-8-4-6-10-17(14)26-2/h4,6,8,10,12-13,15-16,22H,3,5,7,9,11H2,1-2H3,(H,21,25). The van der Waals surface area contributed by atoms with Gasteiger partial charge in [-0.15, -0.1) is 0 Å². The summed E-state index contributed by atoms with van der Waals surface area (Å²) in [7, 11) is 1.61. The van der Waals surface area contributed by atoms with Crippen LogP contribution in [0.4, 0.5) is 0 Å². The number of nitrogens with zero attached hydrogens (tertiary/aromatic N) is 2. The highest BCUT2D eigenvalue weighted by molar-refractivity contribution is 5.82. The monoisotopic (exact) mass is 370 g/mol. The Balaban J connectivity index is 1.41. The molecule has 0 radical (unpaired) electrons. The van der Waals surface area contributed by atoms with Crippen LogP contribution in [0.25, 0.3) is 11.4 Å². The van der Waals surface area contributed by atoms with Gasteiger partial charge in [0.05, 0.1) is 18.7 Å². The maximum atomic E-state index is 12.7. The minimum atomic E-state index is -0.349. The number of nitrogens with one attached hydrogen (secondary N) is 2. The lowest BCUT2D eigenvalue weighted by Gasteiger charge is -2.24. The molecule has 1 amide bonds. The summed E-state index contributed by atoms with van der Waals surface area (Å²) in [5.74, 6) is 2.16. The predicted octanol–water partition coefficient (Wildman–Crippen LogP) is 2.84. The number of aromatic nitrogens is 2. The van der Waals surface area contributed by atoms with Gasteiger partial charge in [0.2, 0.25) is 17.6 Å². The van der Waals surface area contributed by atoms with E-state index in [9.17, 15) is 4.79 Å². The van der Waals surface area contributed by atoms with Crippen molar-refractivity contribution in [3.05, 3.63) is 30.2 Å². The van der Waals surface area contributed by atoms with Crippen LogP contribution < -0.4 is 15.4 Å². The summed E-state index contributed by atoms with van der Waals surface area (Å²) in [4.78, 5) is 17.1. The summed E-state index contributed by atoms with van der Waals surface area (Å²) < 4.78 is 10.7. The Labute approximate surface area is 158 Å². The van der Waals surface area contributed by atoms with Crippen molar-refractivity contribution in [3.63, 3.8) is 0 Å². The number of methoxy groups -OCH3 is 1. The first kappa shape index (κ1) is 18.0. The number of carbonyl (C=O) groups excluding carboxylic acids is 1. The molecule has 2 heterocycles. The van der Waals surface area contributed by atoms with E-state index in [0.717, 1.165) is 12.0 Å². The van der Waals surface area contributed by atoms with Gasteiger partial charge in [-0.25, -0.2) is 0 Å². The maximum Gasteiger partial charge on any atom is 0.249 e. The summed E-state index contributed by atoms with van der Waals surface area (Å²) in [6, 6.07) is 7.52. The van der Waals surface area contributed by atoms with Crippen molar-refractivity contribution in [2.75, 3.05) is 7.11 Å². The van der Waals surface area contributed by atoms with E-state index in [1.807, 2.05) is 31.2 Å². The van der Waals surface area contributed by atoms with E-state index in [-0.39, 0.29) is 18.0 Å². The number of para-hydroxylation sites is 1. The fraction of sp³-hybridized carbons (Fsp3) is 0.550. The molecule has 2 aromatic rings. The molecule has 2 aliphatic rings. The Morgan fingerprint density at radius 3 is 2.96 bits per heavy atom. The molecule has 27 heavy (non-hydrogen) atoms. The normalized spacial score (nSPS) is 25.6. The van der Waals surface area contributed by atoms with Crippen molar-refractivity contribution in [3.8, 4) is 17.1 Å². The molecule has 0 spiro atoms. The first-order valence-electron chi connectivity index (χ1n) is 9.69. The van der Waals surface area contributed by atoms with E-state index >= 15 is 0 Å². The molecule has 4 unspecified atom stereocenters. The molecule has 1 aromatic carbocycles. The number of fused-ring (bicyclic) bond motifs is 1. The quantitative estimate of drug-likeness (QED) is 0.841. The highest BCUT2D eigenvalue weighted by Crippen LogP contribution is 2.33. The molecule has 1 aliphatic carbocycles. The van der Waals surface area contributed by atoms with Gasteiger partial charge in [-0.05, 0) is 44.2 Å². The van der Waals surface area contributed by atoms with Crippen molar-refractivity contribution in [1.29, 1.82) is 0 Å². The highest BCUT2D eigenvalue weighted by atomic mass is 16.5. The molecule has 1 saturated carbocycles. The number of ether oxygens (including phenoxy) is 1. The topological polar surface area (TPSA) is 89.3 Å². The van der Waals surface area contributed by atoms with E-state index in [1.54, 1.807) is 7.11 Å². The Kier molecular flexibility index (Phi) is 5.11. The molecule has 1 saturated heterocycles. The van der Waals surface area contributed by atoms with Crippen LogP contribution in [0.5, 0.6) is 5.75 Å². The minimum Gasteiger partial charge on any atom is -0.496 e. The summed E-state index contributed by atoms with van der Waals surface area (Å²) in [6.45, 7) is 1.86. The Morgan fingerprint density at radius 2 is 2.15 bits per heavy atom. The van der Waals surface area contributed by atoms with Crippen LogP contribution in [0.2, 0.25) is 0 Å². The van der Waals surface area contributed by atoms with Gasteiger partial charge >= 0.3 is 0 Å². The van der Waals surface area contributed by atoms with Crippen molar-refractivity contribution < 1.29 is 14.1 Å². The van der Waals surface area contributed by atoms with Crippen molar-refractivity contribution >= 4 is 5.91 Å². The second-order valence-electron chi connectivity index (χ2n) is 7.49. The molecular weight excluding hydrogens is 344 g/mol. The van der Waals surface area contributed by atoms with E-state index in [2.05, 4.69) is 20.8 Å². The number of amides is 1. The third-order valence-corrected chi connectivity index (χ3v) is 5.70. The van der Waals surface area contributed by atoms with Gasteiger partial charge in [-0.1, -0.05) is 30.1 Å². The average molecular weight is 370 g/mol. The van der Waals surface area contributed by atoms with Crippen molar-refractivity contribution in [2.24, 2.45) is 5.92 Å². The Hall–Kier alpha value is -2.41. The molecule has 2 N–H and O–H groups in total. The molecular formula is C20H26N4O3. The number of hydrogen-bond donors (Lipinski definition) is 2. The van der Waals surface area contributed by atoms with E-state index in [0.29, 0.717) is 29.4 Å². The lowest BCUT2D eigenvalue weighted by Crippen LogP contribution is -2.43.